The first-order chi connectivity index (χ1) is 32.0. The SMILES string of the molecule is CCCCCC/C=C\CCCCCCCC(=O)OCCCCCCCCCCC/C=C\CCCCCCCCCC(=O)NC(CO)C(O)/C=C/CCCCCCCCCCCCCCC. The van der Waals surface area contributed by atoms with Crippen molar-refractivity contribution in [1.29, 1.82) is 0 Å². The van der Waals surface area contributed by atoms with E-state index in [1.54, 1.807) is 6.08 Å². The lowest BCUT2D eigenvalue weighted by Gasteiger charge is -2.20. The molecule has 65 heavy (non-hydrogen) atoms. The highest BCUT2D eigenvalue weighted by Gasteiger charge is 2.18. The van der Waals surface area contributed by atoms with Crippen molar-refractivity contribution in [3.8, 4) is 0 Å². The minimum absolute atomic E-state index is 0.00403. The summed E-state index contributed by atoms with van der Waals surface area (Å²) in [5.74, 6) is -0.0804. The molecule has 6 heteroatoms. The van der Waals surface area contributed by atoms with Gasteiger partial charge in [0.25, 0.3) is 0 Å². The van der Waals surface area contributed by atoms with E-state index in [2.05, 4.69) is 43.5 Å². The monoisotopic (exact) mass is 914 g/mol. The maximum atomic E-state index is 12.4. The third kappa shape index (κ3) is 51.3. The molecule has 0 bridgehead atoms. The molecule has 2 atom stereocenters. The Hall–Kier alpha value is -1.92. The van der Waals surface area contributed by atoms with Gasteiger partial charge in [-0.1, -0.05) is 243 Å². The molecule has 0 aliphatic heterocycles. The van der Waals surface area contributed by atoms with Crippen LogP contribution in [0.3, 0.4) is 0 Å². The molecule has 0 heterocycles. The van der Waals surface area contributed by atoms with Gasteiger partial charge in [-0.3, -0.25) is 9.59 Å². The number of aliphatic hydroxyl groups is 2. The third-order valence-corrected chi connectivity index (χ3v) is 13.1. The number of carbonyl (C=O) groups is 2. The number of hydrogen-bond donors (Lipinski definition) is 3. The van der Waals surface area contributed by atoms with E-state index in [1.807, 2.05) is 6.08 Å². The topological polar surface area (TPSA) is 95.9 Å². The van der Waals surface area contributed by atoms with Crippen LogP contribution < -0.4 is 5.32 Å². The molecule has 0 aromatic heterocycles. The van der Waals surface area contributed by atoms with Gasteiger partial charge < -0.3 is 20.3 Å². The molecule has 3 N–H and O–H groups in total. The van der Waals surface area contributed by atoms with Crippen LogP contribution in [0.1, 0.15) is 303 Å². The van der Waals surface area contributed by atoms with E-state index in [-0.39, 0.29) is 18.5 Å². The molecular formula is C59H111NO5. The minimum Gasteiger partial charge on any atom is -0.466 e. The second kappa shape index (κ2) is 54.7. The van der Waals surface area contributed by atoms with Crippen LogP contribution in [0.15, 0.2) is 36.5 Å². The number of rotatable bonds is 53. The molecule has 6 nitrogen and oxygen atoms in total. The second-order valence-electron chi connectivity index (χ2n) is 19.6. The first-order valence-corrected chi connectivity index (χ1v) is 28.8. The number of ether oxygens (including phenoxy) is 1. The Morgan fingerprint density at radius 2 is 0.723 bits per heavy atom. The fourth-order valence-electron chi connectivity index (χ4n) is 8.68. The summed E-state index contributed by atoms with van der Waals surface area (Å²) in [7, 11) is 0. The first kappa shape index (κ1) is 63.1. The highest BCUT2D eigenvalue weighted by Crippen LogP contribution is 2.16. The highest BCUT2D eigenvalue weighted by molar-refractivity contribution is 5.76. The molecule has 0 aliphatic carbocycles. The van der Waals surface area contributed by atoms with E-state index in [0.29, 0.717) is 19.4 Å². The lowest BCUT2D eigenvalue weighted by Crippen LogP contribution is -2.45. The van der Waals surface area contributed by atoms with Crippen LogP contribution in [0.5, 0.6) is 0 Å². The van der Waals surface area contributed by atoms with Gasteiger partial charge in [0.2, 0.25) is 5.91 Å². The smallest absolute Gasteiger partial charge is 0.305 e. The Kier molecular flexibility index (Phi) is 53.1. The van der Waals surface area contributed by atoms with Crippen LogP contribution >= 0.6 is 0 Å². The Balaban J connectivity index is 3.47. The number of nitrogens with one attached hydrogen (secondary N) is 1. The Morgan fingerprint density at radius 3 is 1.11 bits per heavy atom. The predicted octanol–water partition coefficient (Wildman–Crippen LogP) is 17.6. The summed E-state index contributed by atoms with van der Waals surface area (Å²) in [6.45, 7) is 4.88. The number of hydrogen-bond acceptors (Lipinski definition) is 5. The maximum Gasteiger partial charge on any atom is 0.305 e. The average Bonchev–Trinajstić information content (AvgIpc) is 3.31. The van der Waals surface area contributed by atoms with Gasteiger partial charge in [0.05, 0.1) is 25.4 Å². The molecule has 0 fully saturated rings. The van der Waals surface area contributed by atoms with Crippen LogP contribution in [0.25, 0.3) is 0 Å². The van der Waals surface area contributed by atoms with Crippen molar-refractivity contribution >= 4 is 11.9 Å². The van der Waals surface area contributed by atoms with Gasteiger partial charge in [-0.15, -0.1) is 0 Å². The number of amides is 1. The third-order valence-electron chi connectivity index (χ3n) is 13.1. The van der Waals surface area contributed by atoms with Crippen molar-refractivity contribution in [3.63, 3.8) is 0 Å². The lowest BCUT2D eigenvalue weighted by atomic mass is 10.0. The van der Waals surface area contributed by atoms with E-state index in [0.717, 1.165) is 51.4 Å². The van der Waals surface area contributed by atoms with Crippen molar-refractivity contribution in [1.82, 2.24) is 5.32 Å². The molecule has 0 rings (SSSR count). The minimum atomic E-state index is -0.850. The standard InChI is InChI=1S/C59H111NO5/c1-3-5-7-9-11-13-15-17-24-28-31-35-39-43-47-51-57(62)56(55-61)60-58(63)52-48-44-40-36-32-29-25-22-20-18-19-21-23-26-30-34-38-42-46-50-54-65-59(64)53-49-45-41-37-33-27-16-14-12-10-8-6-4-2/h14,16,18,20,47,51,56-57,61-62H,3-13,15,17,19,21-46,48-50,52-55H2,1-2H3,(H,60,63)/b16-14-,20-18-,51-47+. The number of esters is 1. The van der Waals surface area contributed by atoms with Crippen LogP contribution in [0.2, 0.25) is 0 Å². The summed E-state index contributed by atoms with van der Waals surface area (Å²) in [6.07, 6.45) is 67.3. The Morgan fingerprint density at radius 1 is 0.415 bits per heavy atom. The molecule has 382 valence electrons. The molecule has 0 radical (unpaired) electrons. The van der Waals surface area contributed by atoms with E-state index >= 15 is 0 Å². The zero-order valence-corrected chi connectivity index (χ0v) is 43.5. The van der Waals surface area contributed by atoms with E-state index < -0.39 is 12.1 Å². The van der Waals surface area contributed by atoms with Gasteiger partial charge >= 0.3 is 5.97 Å². The molecule has 0 saturated carbocycles. The number of allylic oxidation sites excluding steroid dienone is 5. The lowest BCUT2D eigenvalue weighted by molar-refractivity contribution is -0.143. The number of carbonyl (C=O) groups excluding carboxylic acids is 2. The summed E-state index contributed by atoms with van der Waals surface area (Å²) in [5.41, 5.74) is 0. The zero-order chi connectivity index (χ0) is 47.2. The molecule has 2 unspecified atom stereocenters. The van der Waals surface area contributed by atoms with E-state index in [4.69, 9.17) is 4.74 Å². The molecular weight excluding hydrogens is 803 g/mol. The zero-order valence-electron chi connectivity index (χ0n) is 43.5. The average molecular weight is 915 g/mol. The van der Waals surface area contributed by atoms with Gasteiger partial charge in [0.15, 0.2) is 0 Å². The van der Waals surface area contributed by atoms with Gasteiger partial charge in [-0.05, 0) is 83.5 Å². The number of aliphatic hydroxyl groups excluding tert-OH is 2. The predicted molar refractivity (Wildman–Crippen MR) is 283 cm³/mol. The van der Waals surface area contributed by atoms with Crippen molar-refractivity contribution in [2.75, 3.05) is 13.2 Å². The molecule has 0 aromatic carbocycles. The summed E-state index contributed by atoms with van der Waals surface area (Å²) in [4.78, 5) is 24.5. The molecule has 0 aliphatic rings. The maximum absolute atomic E-state index is 12.4. The van der Waals surface area contributed by atoms with Crippen LogP contribution in [-0.4, -0.2) is 47.4 Å². The fraction of sp³-hybridized carbons (Fsp3) is 0.864. The molecule has 1 amide bonds. The normalized spacial score (nSPS) is 12.9. The second-order valence-corrected chi connectivity index (χ2v) is 19.6. The van der Waals surface area contributed by atoms with Crippen molar-refractivity contribution in [3.05, 3.63) is 36.5 Å². The van der Waals surface area contributed by atoms with Crippen molar-refractivity contribution in [2.24, 2.45) is 0 Å². The first-order valence-electron chi connectivity index (χ1n) is 28.8. The van der Waals surface area contributed by atoms with Gasteiger partial charge in [0, 0.05) is 12.8 Å². The quantitative estimate of drug-likeness (QED) is 0.0321. The van der Waals surface area contributed by atoms with Crippen LogP contribution in [0.4, 0.5) is 0 Å². The van der Waals surface area contributed by atoms with E-state index in [9.17, 15) is 19.8 Å². The Bertz CT molecular complexity index is 1060. The summed E-state index contributed by atoms with van der Waals surface area (Å²) in [5, 5.41) is 23.1. The number of unbranched alkanes of at least 4 members (excludes halogenated alkanes) is 38. The largest absolute Gasteiger partial charge is 0.466 e. The summed E-state index contributed by atoms with van der Waals surface area (Å²) in [6, 6.07) is -0.634. The van der Waals surface area contributed by atoms with Crippen LogP contribution in [0, 0.1) is 0 Å². The molecule has 0 saturated heterocycles. The van der Waals surface area contributed by atoms with Crippen LogP contribution in [-0.2, 0) is 14.3 Å². The molecule has 0 spiro atoms. The Labute approximate surface area is 404 Å². The fourth-order valence-corrected chi connectivity index (χ4v) is 8.68. The van der Waals surface area contributed by atoms with Crippen molar-refractivity contribution in [2.45, 2.75) is 315 Å². The molecule has 0 aromatic rings. The van der Waals surface area contributed by atoms with Gasteiger partial charge in [0.1, 0.15) is 0 Å². The van der Waals surface area contributed by atoms with Crippen molar-refractivity contribution < 1.29 is 24.5 Å². The van der Waals surface area contributed by atoms with Gasteiger partial charge in [-0.25, -0.2) is 0 Å². The highest BCUT2D eigenvalue weighted by atomic mass is 16.5. The summed E-state index contributed by atoms with van der Waals surface area (Å²) < 4.78 is 5.46. The van der Waals surface area contributed by atoms with Gasteiger partial charge in [-0.2, -0.15) is 0 Å². The van der Waals surface area contributed by atoms with E-state index in [1.165, 1.54) is 225 Å². The summed E-state index contributed by atoms with van der Waals surface area (Å²) >= 11 is 0.